The van der Waals surface area contributed by atoms with Gasteiger partial charge in [0, 0.05) is 11.9 Å². The van der Waals surface area contributed by atoms with Gasteiger partial charge in [-0.2, -0.15) is 0 Å². The quantitative estimate of drug-likeness (QED) is 0.844. The zero-order valence-electron chi connectivity index (χ0n) is 9.85. The smallest absolute Gasteiger partial charge is 0.0893 e. The van der Waals surface area contributed by atoms with E-state index in [1.54, 1.807) is 0 Å². The van der Waals surface area contributed by atoms with Crippen LogP contribution in [0.1, 0.15) is 25.5 Å². The molecule has 0 spiro atoms. The van der Waals surface area contributed by atoms with E-state index in [2.05, 4.69) is 26.7 Å². The third-order valence-corrected chi connectivity index (χ3v) is 3.85. The monoisotopic (exact) mass is 240 g/mol. The molecule has 0 unspecified atom stereocenters. The average Bonchev–Trinajstić information content (AvgIpc) is 2.83. The minimum Gasteiger partial charge on any atom is -0.311 e. The van der Waals surface area contributed by atoms with Crippen molar-refractivity contribution < 1.29 is 0 Å². The highest BCUT2D eigenvalue weighted by Gasteiger charge is 2.17. The molecular weight excluding hydrogens is 220 g/mol. The van der Waals surface area contributed by atoms with E-state index in [1.165, 1.54) is 44.0 Å². The molecule has 0 aromatic carbocycles. The highest BCUT2D eigenvalue weighted by atomic mass is 32.1. The molecule has 0 atom stereocenters. The van der Waals surface area contributed by atoms with Gasteiger partial charge in [-0.05, 0) is 56.5 Å². The van der Waals surface area contributed by atoms with Crippen LogP contribution < -0.4 is 5.32 Å². The third-order valence-electron chi connectivity index (χ3n) is 3.30. The van der Waals surface area contributed by atoms with Gasteiger partial charge in [-0.25, -0.2) is 0 Å². The van der Waals surface area contributed by atoms with Gasteiger partial charge in [0.25, 0.3) is 0 Å². The molecule has 16 heavy (non-hydrogen) atoms. The van der Waals surface area contributed by atoms with E-state index in [-0.39, 0.29) is 0 Å². The standard InChI is InChI=1S/C11H20N4S/c1-2-15-5-3-10(4-6-15)7-12-8-11-9-16-14-13-11/h9-10,12H,2-8H2,1H3. The summed E-state index contributed by atoms with van der Waals surface area (Å²) >= 11 is 1.42. The highest BCUT2D eigenvalue weighted by molar-refractivity contribution is 7.03. The van der Waals surface area contributed by atoms with Crippen molar-refractivity contribution in [2.45, 2.75) is 26.3 Å². The van der Waals surface area contributed by atoms with Gasteiger partial charge < -0.3 is 10.2 Å². The summed E-state index contributed by atoms with van der Waals surface area (Å²) in [6, 6.07) is 0. The van der Waals surface area contributed by atoms with E-state index in [0.29, 0.717) is 0 Å². The van der Waals surface area contributed by atoms with Crippen molar-refractivity contribution in [1.82, 2.24) is 19.8 Å². The summed E-state index contributed by atoms with van der Waals surface area (Å²) in [5.74, 6) is 0.842. The first-order valence-electron chi connectivity index (χ1n) is 6.07. The van der Waals surface area contributed by atoms with Gasteiger partial charge in [0.1, 0.15) is 0 Å². The first-order valence-corrected chi connectivity index (χ1v) is 6.91. The van der Waals surface area contributed by atoms with Crippen LogP contribution in [0.25, 0.3) is 0 Å². The topological polar surface area (TPSA) is 41.0 Å². The normalized spacial score (nSPS) is 19.1. The maximum Gasteiger partial charge on any atom is 0.0893 e. The fourth-order valence-electron chi connectivity index (χ4n) is 2.17. The lowest BCUT2D eigenvalue weighted by Gasteiger charge is -2.31. The zero-order chi connectivity index (χ0) is 11.2. The van der Waals surface area contributed by atoms with Crippen LogP contribution in [-0.2, 0) is 6.54 Å². The molecule has 0 radical (unpaired) electrons. The molecule has 0 aliphatic carbocycles. The third kappa shape index (κ3) is 3.50. The van der Waals surface area contributed by atoms with Crippen LogP contribution in [-0.4, -0.2) is 40.7 Å². The Morgan fingerprint density at radius 1 is 1.50 bits per heavy atom. The van der Waals surface area contributed by atoms with Crippen molar-refractivity contribution in [2.24, 2.45) is 5.92 Å². The Morgan fingerprint density at radius 3 is 2.94 bits per heavy atom. The molecular formula is C11H20N4S. The van der Waals surface area contributed by atoms with E-state index in [0.717, 1.165) is 24.7 Å². The van der Waals surface area contributed by atoms with Crippen LogP contribution in [0.15, 0.2) is 5.38 Å². The van der Waals surface area contributed by atoms with Gasteiger partial charge in [-0.15, -0.1) is 5.10 Å². The largest absolute Gasteiger partial charge is 0.311 e. The lowest BCUT2D eigenvalue weighted by molar-refractivity contribution is 0.190. The van der Waals surface area contributed by atoms with Crippen LogP contribution in [0.5, 0.6) is 0 Å². The molecule has 0 saturated carbocycles. The van der Waals surface area contributed by atoms with Gasteiger partial charge in [0.05, 0.1) is 5.69 Å². The number of likely N-dealkylation sites (tertiary alicyclic amines) is 1. The molecule has 1 fully saturated rings. The number of nitrogens with one attached hydrogen (secondary N) is 1. The van der Waals surface area contributed by atoms with E-state index in [1.807, 2.05) is 5.38 Å². The van der Waals surface area contributed by atoms with Crippen LogP contribution in [0.3, 0.4) is 0 Å². The Kier molecular flexibility index (Phi) is 4.69. The maximum atomic E-state index is 4.02. The Bertz CT molecular complexity index is 280. The fourth-order valence-corrected chi connectivity index (χ4v) is 2.62. The van der Waals surface area contributed by atoms with E-state index >= 15 is 0 Å². The minimum atomic E-state index is 0.842. The lowest BCUT2D eigenvalue weighted by atomic mass is 9.97. The summed E-state index contributed by atoms with van der Waals surface area (Å²) in [6.07, 6.45) is 2.66. The van der Waals surface area contributed by atoms with E-state index in [9.17, 15) is 0 Å². The molecule has 1 aromatic rings. The number of nitrogens with zero attached hydrogens (tertiary/aromatic N) is 3. The van der Waals surface area contributed by atoms with Crippen molar-refractivity contribution in [3.8, 4) is 0 Å². The minimum absolute atomic E-state index is 0.842. The molecule has 5 heteroatoms. The summed E-state index contributed by atoms with van der Waals surface area (Å²) in [5, 5.41) is 9.50. The predicted octanol–water partition coefficient (Wildman–Crippen LogP) is 1.36. The second kappa shape index (κ2) is 6.27. The SMILES string of the molecule is CCN1CCC(CNCc2csnn2)CC1. The predicted molar refractivity (Wildman–Crippen MR) is 66.5 cm³/mol. The van der Waals surface area contributed by atoms with Crippen molar-refractivity contribution >= 4 is 11.5 Å². The molecule has 4 nitrogen and oxygen atoms in total. The Balaban J connectivity index is 1.60. The van der Waals surface area contributed by atoms with Gasteiger partial charge in [-0.3, -0.25) is 0 Å². The molecule has 0 amide bonds. The molecule has 1 aliphatic rings. The van der Waals surface area contributed by atoms with Gasteiger partial charge in [0.2, 0.25) is 0 Å². The molecule has 1 saturated heterocycles. The highest BCUT2D eigenvalue weighted by Crippen LogP contribution is 2.15. The summed E-state index contributed by atoms with van der Waals surface area (Å²) in [6.45, 7) is 7.96. The number of rotatable bonds is 5. The van der Waals surface area contributed by atoms with Crippen molar-refractivity contribution in [2.75, 3.05) is 26.2 Å². The van der Waals surface area contributed by atoms with Crippen molar-refractivity contribution in [1.29, 1.82) is 0 Å². The Labute approximate surface area is 101 Å². The lowest BCUT2D eigenvalue weighted by Crippen LogP contribution is -2.36. The van der Waals surface area contributed by atoms with Crippen molar-refractivity contribution in [3.05, 3.63) is 11.1 Å². The van der Waals surface area contributed by atoms with Gasteiger partial charge in [-0.1, -0.05) is 11.4 Å². The molecule has 2 rings (SSSR count). The molecule has 1 aromatic heterocycles. The number of hydrogen-bond acceptors (Lipinski definition) is 5. The summed E-state index contributed by atoms with van der Waals surface area (Å²) in [7, 11) is 0. The van der Waals surface area contributed by atoms with E-state index in [4.69, 9.17) is 0 Å². The van der Waals surface area contributed by atoms with Crippen LogP contribution in [0.2, 0.25) is 0 Å². The maximum absolute atomic E-state index is 4.02. The van der Waals surface area contributed by atoms with Crippen LogP contribution in [0.4, 0.5) is 0 Å². The Morgan fingerprint density at radius 2 is 2.31 bits per heavy atom. The summed E-state index contributed by atoms with van der Waals surface area (Å²) in [5.41, 5.74) is 1.07. The molecule has 1 aliphatic heterocycles. The van der Waals surface area contributed by atoms with Crippen molar-refractivity contribution in [3.63, 3.8) is 0 Å². The van der Waals surface area contributed by atoms with Gasteiger partial charge in [0.15, 0.2) is 0 Å². The zero-order valence-corrected chi connectivity index (χ0v) is 10.7. The Hall–Kier alpha value is -0.520. The number of hydrogen-bond donors (Lipinski definition) is 1. The van der Waals surface area contributed by atoms with Crippen LogP contribution in [0, 0.1) is 5.92 Å². The van der Waals surface area contributed by atoms with Gasteiger partial charge >= 0.3 is 0 Å². The second-order valence-corrected chi connectivity index (χ2v) is 5.01. The number of aromatic nitrogens is 2. The summed E-state index contributed by atoms with van der Waals surface area (Å²) < 4.78 is 3.85. The number of piperidine rings is 1. The molecule has 2 heterocycles. The molecule has 0 bridgehead atoms. The summed E-state index contributed by atoms with van der Waals surface area (Å²) in [4.78, 5) is 2.53. The fraction of sp³-hybridized carbons (Fsp3) is 0.818. The molecule has 1 N–H and O–H groups in total. The first kappa shape index (κ1) is 12.0. The average molecular weight is 240 g/mol. The second-order valence-electron chi connectivity index (χ2n) is 4.40. The van der Waals surface area contributed by atoms with Crippen LogP contribution >= 0.6 is 11.5 Å². The molecule has 90 valence electrons. The first-order chi connectivity index (χ1) is 7.88. The van der Waals surface area contributed by atoms with E-state index < -0.39 is 0 Å².